The molecule has 0 bridgehead atoms. The number of carbonyl (C=O) groups is 1. The summed E-state index contributed by atoms with van der Waals surface area (Å²) in [5.74, 6) is 1.06. The van der Waals surface area contributed by atoms with Gasteiger partial charge in [0.1, 0.15) is 0 Å². The highest BCUT2D eigenvalue weighted by Crippen LogP contribution is 2.37. The van der Waals surface area contributed by atoms with Crippen molar-refractivity contribution in [2.45, 2.75) is 58.0 Å². The molecule has 2 unspecified atom stereocenters. The normalized spacial score (nSPS) is 23.4. The summed E-state index contributed by atoms with van der Waals surface area (Å²) in [5, 5.41) is 3.23. The number of amides is 2. The summed E-state index contributed by atoms with van der Waals surface area (Å²) < 4.78 is 0. The first-order valence-electron chi connectivity index (χ1n) is 8.65. The van der Waals surface area contributed by atoms with Crippen LogP contribution in [0.1, 0.15) is 57.7 Å². The smallest absolute Gasteiger partial charge is 0.318 e. The van der Waals surface area contributed by atoms with Crippen LogP contribution in [0.5, 0.6) is 0 Å². The number of hydrogen-bond acceptors (Lipinski definition) is 2. The van der Waals surface area contributed by atoms with Gasteiger partial charge in [-0.15, -0.1) is 0 Å². The van der Waals surface area contributed by atoms with Crippen LogP contribution in [0.2, 0.25) is 0 Å². The number of urea groups is 1. The molecule has 1 N–H and O–H groups in total. The van der Waals surface area contributed by atoms with Gasteiger partial charge in [0.25, 0.3) is 0 Å². The molecule has 3 rings (SSSR count). The topological polar surface area (TPSA) is 45.2 Å². The number of pyridine rings is 1. The number of rotatable bonds is 4. The minimum absolute atomic E-state index is 0.0173. The maximum atomic E-state index is 12.8. The molecule has 1 saturated heterocycles. The summed E-state index contributed by atoms with van der Waals surface area (Å²) in [4.78, 5) is 19.3. The summed E-state index contributed by atoms with van der Waals surface area (Å²) in [6.07, 6.45) is 8.03. The van der Waals surface area contributed by atoms with E-state index in [2.05, 4.69) is 29.0 Å². The number of hydrogen-bond donors (Lipinski definition) is 1. The highest BCUT2D eigenvalue weighted by atomic mass is 16.2. The minimum Gasteiger partial charge on any atom is -0.329 e. The Morgan fingerprint density at radius 3 is 2.68 bits per heavy atom. The van der Waals surface area contributed by atoms with E-state index < -0.39 is 0 Å². The Bertz CT molecular complexity index is 498. The van der Waals surface area contributed by atoms with Gasteiger partial charge in [-0.2, -0.15) is 0 Å². The van der Waals surface area contributed by atoms with Gasteiger partial charge in [-0.25, -0.2) is 4.79 Å². The van der Waals surface area contributed by atoms with E-state index >= 15 is 0 Å². The Morgan fingerprint density at radius 2 is 2.09 bits per heavy atom. The monoisotopic (exact) mass is 301 g/mol. The molecule has 0 aromatic carbocycles. The fourth-order valence-corrected chi connectivity index (χ4v) is 3.72. The molecule has 1 aromatic rings. The zero-order chi connectivity index (χ0) is 15.5. The third kappa shape index (κ3) is 3.11. The molecule has 1 aliphatic carbocycles. The lowest BCUT2D eigenvalue weighted by atomic mass is 9.79. The molecule has 4 nitrogen and oxygen atoms in total. The van der Waals surface area contributed by atoms with Crippen LogP contribution < -0.4 is 5.32 Å². The lowest BCUT2D eigenvalue weighted by molar-refractivity contribution is 0.135. The SMILES string of the molecule is CC(C)C(NC(=O)N1CCCC1C1CCC1)c1ccccn1. The molecule has 0 radical (unpaired) electrons. The highest BCUT2D eigenvalue weighted by molar-refractivity contribution is 5.75. The largest absolute Gasteiger partial charge is 0.329 e. The van der Waals surface area contributed by atoms with Crippen molar-refractivity contribution in [3.05, 3.63) is 30.1 Å². The number of likely N-dealkylation sites (tertiary alicyclic amines) is 1. The molecule has 4 heteroatoms. The van der Waals surface area contributed by atoms with Crippen molar-refractivity contribution >= 4 is 6.03 Å². The van der Waals surface area contributed by atoms with Gasteiger partial charge in [-0.1, -0.05) is 26.3 Å². The van der Waals surface area contributed by atoms with Gasteiger partial charge in [-0.3, -0.25) is 4.98 Å². The van der Waals surface area contributed by atoms with E-state index in [4.69, 9.17) is 0 Å². The Balaban J connectivity index is 1.68. The van der Waals surface area contributed by atoms with Gasteiger partial charge in [0.2, 0.25) is 0 Å². The molecular weight excluding hydrogens is 274 g/mol. The van der Waals surface area contributed by atoms with E-state index in [0.29, 0.717) is 12.0 Å². The van der Waals surface area contributed by atoms with Crippen molar-refractivity contribution < 1.29 is 4.79 Å². The molecule has 1 saturated carbocycles. The molecule has 2 heterocycles. The summed E-state index contributed by atoms with van der Waals surface area (Å²) in [7, 11) is 0. The second-order valence-corrected chi connectivity index (χ2v) is 7.02. The Hall–Kier alpha value is -1.58. The van der Waals surface area contributed by atoms with Gasteiger partial charge in [0.05, 0.1) is 11.7 Å². The van der Waals surface area contributed by atoms with Crippen molar-refractivity contribution in [3.8, 4) is 0 Å². The van der Waals surface area contributed by atoms with Crippen molar-refractivity contribution in [3.63, 3.8) is 0 Å². The highest BCUT2D eigenvalue weighted by Gasteiger charge is 2.38. The van der Waals surface area contributed by atoms with Crippen molar-refractivity contribution in [2.24, 2.45) is 11.8 Å². The fraction of sp³-hybridized carbons (Fsp3) is 0.667. The summed E-state index contributed by atoms with van der Waals surface area (Å²) in [5.41, 5.74) is 0.949. The average Bonchev–Trinajstić information content (AvgIpc) is 2.92. The first kappa shape index (κ1) is 15.3. The quantitative estimate of drug-likeness (QED) is 0.920. The zero-order valence-corrected chi connectivity index (χ0v) is 13.7. The van der Waals surface area contributed by atoms with Crippen LogP contribution in [0.15, 0.2) is 24.4 Å². The van der Waals surface area contributed by atoms with Gasteiger partial charge < -0.3 is 10.2 Å². The summed E-state index contributed by atoms with van der Waals surface area (Å²) in [6.45, 7) is 5.17. The molecule has 1 aliphatic heterocycles. The van der Waals surface area contributed by atoms with Crippen molar-refractivity contribution in [1.82, 2.24) is 15.2 Å². The molecule has 0 spiro atoms. The zero-order valence-electron chi connectivity index (χ0n) is 13.7. The average molecular weight is 301 g/mol. The lowest BCUT2D eigenvalue weighted by Gasteiger charge is -2.37. The van der Waals surface area contributed by atoms with Crippen LogP contribution in [0, 0.1) is 11.8 Å². The molecular formula is C18H27N3O. The van der Waals surface area contributed by atoms with E-state index in [-0.39, 0.29) is 12.1 Å². The van der Waals surface area contributed by atoms with Crippen molar-refractivity contribution in [2.75, 3.05) is 6.54 Å². The van der Waals surface area contributed by atoms with Gasteiger partial charge in [-0.05, 0) is 49.7 Å². The predicted octanol–water partition coefficient (Wildman–Crippen LogP) is 3.75. The first-order valence-corrected chi connectivity index (χ1v) is 8.65. The molecule has 2 fully saturated rings. The Kier molecular flexibility index (Phi) is 4.65. The predicted molar refractivity (Wildman–Crippen MR) is 87.4 cm³/mol. The van der Waals surface area contributed by atoms with Crippen LogP contribution in [-0.2, 0) is 0 Å². The maximum absolute atomic E-state index is 12.8. The minimum atomic E-state index is -0.0173. The molecule has 120 valence electrons. The van der Waals surface area contributed by atoms with Crippen LogP contribution in [-0.4, -0.2) is 28.5 Å². The van der Waals surface area contributed by atoms with E-state index in [1.807, 2.05) is 18.2 Å². The molecule has 2 amide bonds. The van der Waals surface area contributed by atoms with Crippen LogP contribution in [0.25, 0.3) is 0 Å². The molecule has 1 aromatic heterocycles. The standard InChI is InChI=1S/C18H27N3O/c1-13(2)17(15-9-3-4-11-19-15)20-18(22)21-12-6-10-16(21)14-7-5-8-14/h3-4,9,11,13-14,16-17H,5-8,10,12H2,1-2H3,(H,20,22). The number of nitrogens with zero attached hydrogens (tertiary/aromatic N) is 2. The van der Waals surface area contributed by atoms with Crippen LogP contribution in [0.3, 0.4) is 0 Å². The summed E-state index contributed by atoms with van der Waals surface area (Å²) >= 11 is 0. The van der Waals surface area contributed by atoms with E-state index in [9.17, 15) is 4.79 Å². The summed E-state index contributed by atoms with van der Waals surface area (Å²) in [6, 6.07) is 6.44. The fourth-order valence-electron chi connectivity index (χ4n) is 3.72. The lowest BCUT2D eigenvalue weighted by Crippen LogP contribution is -2.48. The number of carbonyl (C=O) groups excluding carboxylic acids is 1. The number of nitrogens with one attached hydrogen (secondary N) is 1. The first-order chi connectivity index (χ1) is 10.7. The second-order valence-electron chi connectivity index (χ2n) is 7.02. The number of aromatic nitrogens is 1. The van der Waals surface area contributed by atoms with Gasteiger partial charge >= 0.3 is 6.03 Å². The van der Waals surface area contributed by atoms with E-state index in [1.165, 1.54) is 25.7 Å². The molecule has 2 atom stereocenters. The molecule has 2 aliphatic rings. The van der Waals surface area contributed by atoms with Crippen molar-refractivity contribution in [1.29, 1.82) is 0 Å². The van der Waals surface area contributed by atoms with E-state index in [1.54, 1.807) is 6.20 Å². The maximum Gasteiger partial charge on any atom is 0.318 e. The molecule has 22 heavy (non-hydrogen) atoms. The Labute approximate surface area is 133 Å². The third-order valence-electron chi connectivity index (χ3n) is 5.21. The Morgan fingerprint density at radius 1 is 1.27 bits per heavy atom. The third-order valence-corrected chi connectivity index (χ3v) is 5.21. The van der Waals surface area contributed by atoms with Gasteiger partial charge in [0.15, 0.2) is 0 Å². The van der Waals surface area contributed by atoms with Crippen LogP contribution >= 0.6 is 0 Å². The van der Waals surface area contributed by atoms with E-state index in [0.717, 1.165) is 24.6 Å². The van der Waals surface area contributed by atoms with Crippen LogP contribution in [0.4, 0.5) is 4.79 Å². The van der Waals surface area contributed by atoms with Gasteiger partial charge in [0, 0.05) is 18.8 Å². The second kappa shape index (κ2) is 6.67.